The monoisotopic (exact) mass is 441 g/mol. The van der Waals surface area contributed by atoms with Gasteiger partial charge in [-0.2, -0.15) is 0 Å². The first-order valence-electron chi connectivity index (χ1n) is 12.1. The van der Waals surface area contributed by atoms with Gasteiger partial charge in [-0.15, -0.1) is 0 Å². The van der Waals surface area contributed by atoms with Gasteiger partial charge in [0.1, 0.15) is 5.75 Å². The van der Waals surface area contributed by atoms with Gasteiger partial charge in [-0.3, -0.25) is 0 Å². The van der Waals surface area contributed by atoms with E-state index < -0.39 is 0 Å². The summed E-state index contributed by atoms with van der Waals surface area (Å²) in [5, 5.41) is 2.74. The number of thiophene rings is 1. The molecular formula is C29H29O2S+. The van der Waals surface area contributed by atoms with Crippen LogP contribution in [0.15, 0.2) is 72.8 Å². The third-order valence-electron chi connectivity index (χ3n) is 8.19. The summed E-state index contributed by atoms with van der Waals surface area (Å²) in [6.07, 6.45) is 7.46. The van der Waals surface area contributed by atoms with Crippen LogP contribution in [0.4, 0.5) is 0 Å². The van der Waals surface area contributed by atoms with E-state index in [1.165, 1.54) is 57.2 Å². The molecule has 0 N–H and O–H groups in total. The number of rotatable bonds is 5. The highest BCUT2D eigenvalue weighted by Crippen LogP contribution is 2.54. The van der Waals surface area contributed by atoms with E-state index in [2.05, 4.69) is 72.8 Å². The lowest BCUT2D eigenvalue weighted by Gasteiger charge is -2.53. The Balaban J connectivity index is 1.09. The molecular weight excluding hydrogens is 412 g/mol. The molecule has 0 aliphatic heterocycles. The van der Waals surface area contributed by atoms with Gasteiger partial charge in [0.2, 0.25) is 0 Å². The Labute approximate surface area is 192 Å². The number of hydrogen-bond donors (Lipinski definition) is 0. The lowest BCUT2D eigenvalue weighted by atomic mass is 9.55. The van der Waals surface area contributed by atoms with Crippen LogP contribution in [0.3, 0.4) is 0 Å². The third-order valence-corrected chi connectivity index (χ3v) is 10.5. The normalized spacial score (nSPS) is 28.6. The van der Waals surface area contributed by atoms with Crippen LogP contribution in [-0.2, 0) is 4.74 Å². The zero-order chi connectivity index (χ0) is 21.1. The van der Waals surface area contributed by atoms with E-state index in [-0.39, 0.29) is 10.5 Å². The van der Waals surface area contributed by atoms with E-state index in [0.29, 0.717) is 12.9 Å². The molecule has 4 aromatic rings. The number of benzene rings is 3. The second kappa shape index (κ2) is 7.60. The predicted molar refractivity (Wildman–Crippen MR) is 133 cm³/mol. The van der Waals surface area contributed by atoms with Crippen molar-refractivity contribution >= 4 is 30.6 Å². The summed E-state index contributed by atoms with van der Waals surface area (Å²) in [5.41, 5.74) is 0. The van der Waals surface area contributed by atoms with Gasteiger partial charge in [0.25, 0.3) is 0 Å². The van der Waals surface area contributed by atoms with Gasteiger partial charge >= 0.3 is 0 Å². The van der Waals surface area contributed by atoms with Crippen LogP contribution in [0.25, 0.3) is 25.1 Å². The minimum absolute atomic E-state index is 0.0477. The van der Waals surface area contributed by atoms with E-state index in [0.717, 1.165) is 29.4 Å². The van der Waals surface area contributed by atoms with Crippen molar-refractivity contribution in [3.8, 4) is 10.6 Å². The van der Waals surface area contributed by atoms with Gasteiger partial charge < -0.3 is 9.47 Å². The van der Waals surface area contributed by atoms with Crippen LogP contribution < -0.4 is 4.74 Å². The molecule has 4 fully saturated rings. The summed E-state index contributed by atoms with van der Waals surface area (Å²) < 4.78 is 15.2. The van der Waals surface area contributed by atoms with Crippen molar-refractivity contribution in [1.29, 1.82) is 0 Å². The zero-order valence-corrected chi connectivity index (χ0v) is 19.1. The standard InChI is InChI=1S/C29H29O2S/c1-3-7-27-25(5-1)26-6-2-4-8-28(26)32(27)24-11-9-23(10-12-24)30-18-31-29-21-14-19-13-20(16-21)17-22(29)15-19/h1-12,19-22,29H,13-18H2/q+1. The molecule has 0 spiro atoms. The minimum atomic E-state index is -0.0477. The molecule has 0 atom stereocenters. The summed E-state index contributed by atoms with van der Waals surface area (Å²) in [6.45, 7) is 0.379. The molecule has 3 aromatic carbocycles. The van der Waals surface area contributed by atoms with Crippen LogP contribution in [0.2, 0.25) is 0 Å². The maximum absolute atomic E-state index is 6.33. The van der Waals surface area contributed by atoms with E-state index in [1.807, 2.05) is 0 Å². The molecule has 2 nitrogen and oxygen atoms in total. The van der Waals surface area contributed by atoms with Gasteiger partial charge in [0, 0.05) is 33.4 Å². The third kappa shape index (κ3) is 3.09. The fourth-order valence-corrected chi connectivity index (χ4v) is 9.48. The number of hydrogen-bond acceptors (Lipinski definition) is 2. The minimum Gasteiger partial charge on any atom is -0.468 e. The predicted octanol–water partition coefficient (Wildman–Crippen LogP) is 7.91. The Morgan fingerprint density at radius 2 is 1.22 bits per heavy atom. The highest BCUT2D eigenvalue weighted by Gasteiger charge is 2.48. The maximum Gasteiger partial charge on any atom is 0.189 e. The van der Waals surface area contributed by atoms with Crippen LogP contribution >= 0.6 is 10.5 Å². The SMILES string of the molecule is c1ccc2c(c1)c1ccccc1[s+]2-c1ccc(OCOC2C3CC4CC(C3)CC2C4)cc1. The number of ether oxygens (including phenoxy) is 2. The molecule has 4 bridgehead atoms. The van der Waals surface area contributed by atoms with Gasteiger partial charge in [0.05, 0.1) is 6.10 Å². The van der Waals surface area contributed by atoms with Crippen LogP contribution in [-0.4, -0.2) is 12.9 Å². The van der Waals surface area contributed by atoms with E-state index in [9.17, 15) is 0 Å². The van der Waals surface area contributed by atoms with Crippen molar-refractivity contribution in [2.24, 2.45) is 23.7 Å². The molecule has 8 rings (SSSR count). The average Bonchev–Trinajstić information content (AvgIpc) is 3.15. The molecule has 3 heteroatoms. The van der Waals surface area contributed by atoms with Crippen molar-refractivity contribution in [2.75, 3.05) is 6.79 Å². The Bertz CT molecular complexity index is 1190. The first-order valence-corrected chi connectivity index (χ1v) is 13.3. The first-order chi connectivity index (χ1) is 15.8. The maximum atomic E-state index is 6.33. The Morgan fingerprint density at radius 3 is 1.81 bits per heavy atom. The quantitative estimate of drug-likeness (QED) is 0.231. The van der Waals surface area contributed by atoms with Gasteiger partial charge in [-0.25, -0.2) is 0 Å². The summed E-state index contributed by atoms with van der Waals surface area (Å²) in [5.74, 6) is 4.43. The molecule has 32 heavy (non-hydrogen) atoms. The van der Waals surface area contributed by atoms with Crippen LogP contribution in [0, 0.1) is 23.7 Å². The van der Waals surface area contributed by atoms with Gasteiger partial charge in [-0.1, -0.05) is 24.3 Å². The largest absolute Gasteiger partial charge is 0.468 e. The molecule has 4 aliphatic carbocycles. The summed E-state index contributed by atoms with van der Waals surface area (Å²) in [4.78, 5) is 1.34. The first kappa shape index (κ1) is 19.1. The van der Waals surface area contributed by atoms with Crippen LogP contribution in [0.5, 0.6) is 5.75 Å². The topological polar surface area (TPSA) is 18.5 Å². The van der Waals surface area contributed by atoms with Crippen molar-refractivity contribution < 1.29 is 9.47 Å². The van der Waals surface area contributed by atoms with E-state index in [1.54, 1.807) is 0 Å². The molecule has 4 aliphatic rings. The lowest BCUT2D eigenvalue weighted by Crippen LogP contribution is -2.49. The molecule has 0 saturated heterocycles. The highest BCUT2D eigenvalue weighted by molar-refractivity contribution is 7.50. The highest BCUT2D eigenvalue weighted by atomic mass is 32.2. The Morgan fingerprint density at radius 1 is 0.656 bits per heavy atom. The summed E-state index contributed by atoms with van der Waals surface area (Å²) in [7, 11) is -0.0477. The molecule has 1 aromatic heterocycles. The van der Waals surface area contributed by atoms with E-state index >= 15 is 0 Å². The van der Waals surface area contributed by atoms with Gasteiger partial charge in [0.15, 0.2) is 21.1 Å². The molecule has 0 unspecified atom stereocenters. The molecule has 4 saturated carbocycles. The summed E-state index contributed by atoms with van der Waals surface area (Å²) in [6, 6.07) is 26.4. The summed E-state index contributed by atoms with van der Waals surface area (Å²) >= 11 is 0. The number of fused-ring (bicyclic) bond motifs is 3. The van der Waals surface area contributed by atoms with Crippen molar-refractivity contribution in [3.63, 3.8) is 0 Å². The fraction of sp³-hybridized carbons (Fsp3) is 0.379. The fourth-order valence-electron chi connectivity index (χ4n) is 7.11. The zero-order valence-electron chi connectivity index (χ0n) is 18.3. The smallest absolute Gasteiger partial charge is 0.189 e. The van der Waals surface area contributed by atoms with Crippen molar-refractivity contribution in [3.05, 3.63) is 72.8 Å². The van der Waals surface area contributed by atoms with Crippen molar-refractivity contribution in [2.45, 2.75) is 38.2 Å². The van der Waals surface area contributed by atoms with E-state index in [4.69, 9.17) is 9.47 Å². The second-order valence-electron chi connectivity index (χ2n) is 10.1. The molecule has 162 valence electrons. The molecule has 0 amide bonds. The lowest BCUT2D eigenvalue weighted by molar-refractivity contribution is -0.155. The van der Waals surface area contributed by atoms with Gasteiger partial charge in [-0.05, 0) is 92.2 Å². The molecule has 1 heterocycles. The second-order valence-corrected chi connectivity index (χ2v) is 12.1. The average molecular weight is 442 g/mol. The Hall–Kier alpha value is -2.36. The van der Waals surface area contributed by atoms with Crippen LogP contribution in [0.1, 0.15) is 32.1 Å². The molecule has 0 radical (unpaired) electrons. The van der Waals surface area contributed by atoms with Crippen molar-refractivity contribution in [1.82, 2.24) is 0 Å². The Kier molecular flexibility index (Phi) is 4.55.